The molecule has 2 atom stereocenters. The fraction of sp³-hybridized carbons (Fsp3) is 0.605. The molecule has 1 aromatic carbocycles. The number of fused-ring (bicyclic) bond motifs is 2. The van der Waals surface area contributed by atoms with Gasteiger partial charge in [0.1, 0.15) is 28.6 Å². The average Bonchev–Trinajstić information content (AvgIpc) is 2.94. The minimum atomic E-state index is -1.25. The van der Waals surface area contributed by atoms with Crippen molar-refractivity contribution < 1.29 is 33.4 Å². The Balaban J connectivity index is 1.92. The van der Waals surface area contributed by atoms with Gasteiger partial charge in [-0.1, -0.05) is 41.5 Å². The summed E-state index contributed by atoms with van der Waals surface area (Å²) >= 11 is 0. The summed E-state index contributed by atoms with van der Waals surface area (Å²) in [5.41, 5.74) is -2.23. The first-order valence-corrected chi connectivity index (χ1v) is 16.2. The second-order valence-corrected chi connectivity index (χ2v) is 16.6. The van der Waals surface area contributed by atoms with Gasteiger partial charge in [-0.3, -0.25) is 24.0 Å². The summed E-state index contributed by atoms with van der Waals surface area (Å²) in [6, 6.07) is 1.96. The molecule has 4 aliphatic rings. The van der Waals surface area contributed by atoms with Crippen molar-refractivity contribution in [1.82, 2.24) is 0 Å². The topological polar surface area (TPSA) is 104 Å². The predicted molar refractivity (Wildman–Crippen MR) is 171 cm³/mol. The molecule has 242 valence electrons. The molecule has 0 aromatic heterocycles. The highest BCUT2D eigenvalue weighted by molar-refractivity contribution is 6.21. The van der Waals surface area contributed by atoms with Crippen LogP contribution >= 0.6 is 0 Å². The molecule has 0 spiro atoms. The molecule has 0 saturated carbocycles. The molecule has 0 bridgehead atoms. The van der Waals surface area contributed by atoms with Crippen molar-refractivity contribution in [2.45, 2.75) is 109 Å². The van der Waals surface area contributed by atoms with Gasteiger partial charge in [-0.15, -0.1) is 0 Å². The van der Waals surface area contributed by atoms with Crippen LogP contribution in [0.1, 0.15) is 130 Å². The Kier molecular flexibility index (Phi) is 7.21. The van der Waals surface area contributed by atoms with Crippen LogP contribution in [0.2, 0.25) is 0 Å². The Labute approximate surface area is 267 Å². The minimum absolute atomic E-state index is 0.0926. The van der Waals surface area contributed by atoms with Gasteiger partial charge in [-0.2, -0.15) is 0 Å². The van der Waals surface area contributed by atoms with E-state index < -0.39 is 39.4 Å². The van der Waals surface area contributed by atoms with Crippen molar-refractivity contribution >= 4 is 28.9 Å². The lowest BCUT2D eigenvalue weighted by molar-refractivity contribution is -0.146. The smallest absolute Gasteiger partial charge is 0.175 e. The summed E-state index contributed by atoms with van der Waals surface area (Å²) in [6.45, 7) is 25.5. The molecule has 2 heterocycles. The molecular weight excluding hydrogens is 568 g/mol. The Hall–Kier alpha value is -3.35. The van der Waals surface area contributed by atoms with Crippen LogP contribution in [-0.4, -0.2) is 28.9 Å². The zero-order valence-corrected chi connectivity index (χ0v) is 29.3. The third-order valence-corrected chi connectivity index (χ3v) is 10.6. The quantitative estimate of drug-likeness (QED) is 0.252. The lowest BCUT2D eigenvalue weighted by atomic mass is 9.58. The van der Waals surface area contributed by atoms with Gasteiger partial charge in [-0.25, -0.2) is 0 Å². The molecule has 0 fully saturated rings. The van der Waals surface area contributed by atoms with E-state index in [1.165, 1.54) is 0 Å². The molecule has 7 heteroatoms. The first-order chi connectivity index (χ1) is 20.4. The second kappa shape index (κ2) is 9.83. The molecule has 0 unspecified atom stereocenters. The molecule has 0 saturated heterocycles. The maximum atomic E-state index is 14.3. The van der Waals surface area contributed by atoms with E-state index in [-0.39, 0.29) is 69.3 Å². The van der Waals surface area contributed by atoms with Gasteiger partial charge in [0.2, 0.25) is 0 Å². The first kappa shape index (κ1) is 33.0. The Morgan fingerprint density at radius 2 is 0.933 bits per heavy atom. The Morgan fingerprint density at radius 3 is 1.22 bits per heavy atom. The highest BCUT2D eigenvalue weighted by Gasteiger charge is 2.60. The van der Waals surface area contributed by atoms with E-state index in [1.807, 2.05) is 33.8 Å². The molecule has 0 radical (unpaired) electrons. The number of ketones is 5. The number of carbonyl (C=O) groups excluding carboxylic acids is 5. The second-order valence-electron chi connectivity index (χ2n) is 16.6. The van der Waals surface area contributed by atoms with E-state index in [9.17, 15) is 24.0 Å². The number of hydrogen-bond acceptors (Lipinski definition) is 7. The van der Waals surface area contributed by atoms with Crippen molar-refractivity contribution in [3.05, 3.63) is 45.4 Å². The monoisotopic (exact) mass is 616 g/mol. The molecule has 0 amide bonds. The van der Waals surface area contributed by atoms with Crippen LogP contribution in [-0.2, 0) is 19.2 Å². The zero-order chi connectivity index (χ0) is 34.1. The van der Waals surface area contributed by atoms with E-state index in [0.717, 1.165) is 0 Å². The van der Waals surface area contributed by atoms with Crippen molar-refractivity contribution in [3.63, 3.8) is 0 Å². The largest absolute Gasteiger partial charge is 0.459 e. The standard InChI is InChI=1S/C38H48O7/c1-16(2)21-19-15-20-22(17(3)4)24-30(41)36(9,10)34(43)38(13,14)32(24)45-28(20)25(26(39)18(5)6)27(19)44-31-23(21)29(40)35(7,8)33(42)37(31,11)12/h15-18,21-22H,1-14H3/t21-,22-/m1/s1. The molecule has 2 aliphatic carbocycles. The fourth-order valence-electron chi connectivity index (χ4n) is 8.24. The van der Waals surface area contributed by atoms with E-state index >= 15 is 0 Å². The summed E-state index contributed by atoms with van der Waals surface area (Å²) in [5.74, 6) is -1.68. The average molecular weight is 617 g/mol. The van der Waals surface area contributed by atoms with E-state index in [4.69, 9.17) is 9.47 Å². The van der Waals surface area contributed by atoms with Crippen LogP contribution in [0.15, 0.2) is 28.7 Å². The normalized spacial score (nSPS) is 26.0. The summed E-state index contributed by atoms with van der Waals surface area (Å²) in [7, 11) is 0. The van der Waals surface area contributed by atoms with Gasteiger partial charge in [-0.05, 0) is 73.3 Å². The van der Waals surface area contributed by atoms with Crippen molar-refractivity contribution in [2.75, 3.05) is 0 Å². The van der Waals surface area contributed by atoms with Crippen LogP contribution in [0.25, 0.3) is 0 Å². The molecule has 2 aliphatic heterocycles. The predicted octanol–water partition coefficient (Wildman–Crippen LogP) is 7.71. The maximum Gasteiger partial charge on any atom is 0.175 e. The summed E-state index contributed by atoms with van der Waals surface area (Å²) in [5, 5.41) is 0. The van der Waals surface area contributed by atoms with Gasteiger partial charge in [0, 0.05) is 40.0 Å². The molecular formula is C38H48O7. The highest BCUT2D eigenvalue weighted by atomic mass is 16.5. The van der Waals surface area contributed by atoms with Crippen LogP contribution in [0.4, 0.5) is 0 Å². The van der Waals surface area contributed by atoms with Crippen molar-refractivity contribution in [2.24, 2.45) is 39.4 Å². The van der Waals surface area contributed by atoms with E-state index in [2.05, 4.69) is 0 Å². The van der Waals surface area contributed by atoms with Gasteiger partial charge >= 0.3 is 0 Å². The number of rotatable bonds is 4. The van der Waals surface area contributed by atoms with Crippen LogP contribution < -0.4 is 9.47 Å². The number of ether oxygens (including phenoxy) is 2. The van der Waals surface area contributed by atoms with E-state index in [0.29, 0.717) is 22.3 Å². The molecule has 0 N–H and O–H groups in total. The van der Waals surface area contributed by atoms with Gasteiger partial charge < -0.3 is 9.47 Å². The highest BCUT2D eigenvalue weighted by Crippen LogP contribution is 2.61. The lowest BCUT2D eigenvalue weighted by Gasteiger charge is -2.48. The van der Waals surface area contributed by atoms with E-state index in [1.54, 1.807) is 69.2 Å². The van der Waals surface area contributed by atoms with Crippen molar-refractivity contribution in [1.29, 1.82) is 0 Å². The molecule has 45 heavy (non-hydrogen) atoms. The Morgan fingerprint density at radius 1 is 0.600 bits per heavy atom. The molecule has 5 rings (SSSR count). The van der Waals surface area contributed by atoms with Crippen LogP contribution in [0, 0.1) is 39.4 Å². The van der Waals surface area contributed by atoms with Gasteiger partial charge in [0.25, 0.3) is 0 Å². The minimum Gasteiger partial charge on any atom is -0.459 e. The molecule has 1 aromatic rings. The zero-order valence-electron chi connectivity index (χ0n) is 29.3. The summed E-state index contributed by atoms with van der Waals surface area (Å²) in [6.07, 6.45) is 0. The fourth-order valence-corrected chi connectivity index (χ4v) is 8.24. The number of allylic oxidation sites excluding steroid dienone is 4. The third kappa shape index (κ3) is 4.17. The number of Topliss-reactive ketones (excluding diaryl/α,β-unsaturated/α-hetero) is 5. The maximum absolute atomic E-state index is 14.3. The summed E-state index contributed by atoms with van der Waals surface area (Å²) < 4.78 is 13.4. The molecule has 7 nitrogen and oxygen atoms in total. The Bertz CT molecular complexity index is 1560. The first-order valence-electron chi connectivity index (χ1n) is 16.2. The van der Waals surface area contributed by atoms with Crippen molar-refractivity contribution in [3.8, 4) is 11.5 Å². The number of carbonyl (C=O) groups is 5. The SMILES string of the molecule is CC(C)C(=O)c1c2c(cc3c1OC1=C(C(=O)C(C)(C)C(=O)C1(C)C)[C@@H]3C(C)C)[C@@H](C(C)C)C1=C(O2)C(C)(C)C(=O)C(C)(C)C1=O. The number of hydrogen-bond donors (Lipinski definition) is 0. The summed E-state index contributed by atoms with van der Waals surface area (Å²) in [4.78, 5) is 70.1. The van der Waals surface area contributed by atoms with Crippen LogP contribution in [0.5, 0.6) is 11.5 Å². The van der Waals surface area contributed by atoms with Gasteiger partial charge in [0.05, 0.1) is 21.7 Å². The van der Waals surface area contributed by atoms with Gasteiger partial charge in [0.15, 0.2) is 28.9 Å². The third-order valence-electron chi connectivity index (χ3n) is 10.6. The number of benzene rings is 1. The lowest BCUT2D eigenvalue weighted by Crippen LogP contribution is -2.52. The van der Waals surface area contributed by atoms with Crippen LogP contribution in [0.3, 0.4) is 0 Å².